The van der Waals surface area contributed by atoms with E-state index in [9.17, 15) is 5.11 Å². The topological polar surface area (TPSA) is 32.3 Å². The molecular weight excluding hydrogens is 245 g/mol. The van der Waals surface area contributed by atoms with E-state index in [0.29, 0.717) is 22.2 Å². The van der Waals surface area contributed by atoms with E-state index in [2.05, 4.69) is 11.9 Å². The van der Waals surface area contributed by atoms with Gasteiger partial charge < -0.3 is 10.4 Å². The molecule has 0 saturated heterocycles. The van der Waals surface area contributed by atoms with Crippen molar-refractivity contribution in [2.45, 2.75) is 19.1 Å². The number of hydrogen-bond donors (Lipinski definition) is 2. The Labute approximate surface area is 106 Å². The van der Waals surface area contributed by atoms with Gasteiger partial charge >= 0.3 is 0 Å². The summed E-state index contributed by atoms with van der Waals surface area (Å²) in [6.45, 7) is 6.14. The minimum Gasteiger partial charge on any atom is -0.387 e. The van der Waals surface area contributed by atoms with E-state index in [1.807, 2.05) is 6.92 Å². The van der Waals surface area contributed by atoms with Gasteiger partial charge in [-0.2, -0.15) is 0 Å². The Morgan fingerprint density at radius 3 is 2.75 bits per heavy atom. The van der Waals surface area contributed by atoms with Crippen molar-refractivity contribution in [1.29, 1.82) is 0 Å². The van der Waals surface area contributed by atoms with Crippen molar-refractivity contribution in [1.82, 2.24) is 5.32 Å². The largest absolute Gasteiger partial charge is 0.387 e. The highest BCUT2D eigenvalue weighted by molar-refractivity contribution is 6.35. The van der Waals surface area contributed by atoms with Gasteiger partial charge in [-0.1, -0.05) is 35.3 Å². The molecule has 1 rings (SSSR count). The summed E-state index contributed by atoms with van der Waals surface area (Å²) in [5.41, 5.74) is 0.676. The lowest BCUT2D eigenvalue weighted by Crippen LogP contribution is -2.32. The van der Waals surface area contributed by atoms with Crippen molar-refractivity contribution in [3.8, 4) is 0 Å². The van der Waals surface area contributed by atoms with Crippen molar-refractivity contribution < 1.29 is 5.11 Å². The molecule has 0 aliphatic carbocycles. The molecule has 0 fully saturated rings. The van der Waals surface area contributed by atoms with Crippen molar-refractivity contribution in [2.75, 3.05) is 6.54 Å². The molecule has 2 unspecified atom stereocenters. The molecule has 0 amide bonds. The monoisotopic (exact) mass is 259 g/mol. The van der Waals surface area contributed by atoms with E-state index < -0.39 is 6.10 Å². The van der Waals surface area contributed by atoms with Crippen LogP contribution in [0.25, 0.3) is 0 Å². The molecule has 16 heavy (non-hydrogen) atoms. The number of aliphatic hydroxyl groups is 1. The standard InChI is InChI=1S/C12H15Cl2NO/c1-3-6-15-8(2)12(16)10-5-4-9(13)7-11(10)14/h3-5,7-8,12,15-16H,1,6H2,2H3. The molecule has 0 radical (unpaired) electrons. The molecule has 0 aromatic heterocycles. The highest BCUT2D eigenvalue weighted by Gasteiger charge is 2.18. The van der Waals surface area contributed by atoms with Crippen LogP contribution in [0.4, 0.5) is 0 Å². The van der Waals surface area contributed by atoms with E-state index in [1.54, 1.807) is 24.3 Å². The predicted octanol–water partition coefficient (Wildman–Crippen LogP) is 3.19. The smallest absolute Gasteiger partial charge is 0.0954 e. The number of aliphatic hydroxyl groups excluding tert-OH is 1. The van der Waals surface area contributed by atoms with Crippen LogP contribution in [0.15, 0.2) is 30.9 Å². The van der Waals surface area contributed by atoms with Gasteiger partial charge in [-0.3, -0.25) is 0 Å². The summed E-state index contributed by atoms with van der Waals surface area (Å²) in [5.74, 6) is 0. The second-order valence-corrected chi connectivity index (χ2v) is 4.44. The van der Waals surface area contributed by atoms with Crippen LogP contribution in [0, 0.1) is 0 Å². The Bertz CT molecular complexity index is 368. The van der Waals surface area contributed by atoms with Gasteiger partial charge in [-0.25, -0.2) is 0 Å². The normalized spacial score (nSPS) is 14.5. The summed E-state index contributed by atoms with van der Waals surface area (Å²) in [4.78, 5) is 0. The fraction of sp³-hybridized carbons (Fsp3) is 0.333. The molecule has 4 heteroatoms. The number of benzene rings is 1. The van der Waals surface area contributed by atoms with Crippen LogP contribution < -0.4 is 5.32 Å². The Kier molecular flexibility index (Phi) is 5.29. The van der Waals surface area contributed by atoms with Crippen LogP contribution in [-0.4, -0.2) is 17.7 Å². The molecule has 88 valence electrons. The fourth-order valence-electron chi connectivity index (χ4n) is 1.39. The molecule has 0 saturated carbocycles. The Morgan fingerprint density at radius 2 is 2.19 bits per heavy atom. The molecule has 1 aromatic carbocycles. The van der Waals surface area contributed by atoms with Crippen LogP contribution in [0.3, 0.4) is 0 Å². The maximum atomic E-state index is 10.1. The van der Waals surface area contributed by atoms with Gasteiger partial charge in [0.05, 0.1) is 6.10 Å². The van der Waals surface area contributed by atoms with E-state index >= 15 is 0 Å². The zero-order chi connectivity index (χ0) is 12.1. The first-order chi connectivity index (χ1) is 7.56. The lowest BCUT2D eigenvalue weighted by Gasteiger charge is -2.21. The lowest BCUT2D eigenvalue weighted by atomic mass is 10.0. The van der Waals surface area contributed by atoms with Crippen LogP contribution >= 0.6 is 23.2 Å². The second-order valence-electron chi connectivity index (χ2n) is 3.60. The van der Waals surface area contributed by atoms with E-state index in [4.69, 9.17) is 23.2 Å². The SMILES string of the molecule is C=CCNC(C)C(O)c1ccc(Cl)cc1Cl. The van der Waals surface area contributed by atoms with E-state index in [0.717, 1.165) is 0 Å². The Balaban J connectivity index is 2.78. The third-order valence-electron chi connectivity index (χ3n) is 2.34. The van der Waals surface area contributed by atoms with Gasteiger partial charge in [0, 0.05) is 28.2 Å². The predicted molar refractivity (Wildman–Crippen MR) is 69.1 cm³/mol. The number of halogens is 2. The zero-order valence-electron chi connectivity index (χ0n) is 9.08. The van der Waals surface area contributed by atoms with Crippen molar-refractivity contribution in [3.05, 3.63) is 46.5 Å². The van der Waals surface area contributed by atoms with E-state index in [1.165, 1.54) is 0 Å². The highest BCUT2D eigenvalue weighted by atomic mass is 35.5. The highest BCUT2D eigenvalue weighted by Crippen LogP contribution is 2.27. The average molecular weight is 260 g/mol. The van der Waals surface area contributed by atoms with Gasteiger partial charge in [0.25, 0.3) is 0 Å². The lowest BCUT2D eigenvalue weighted by molar-refractivity contribution is 0.138. The molecule has 0 spiro atoms. The quantitative estimate of drug-likeness (QED) is 0.797. The third-order valence-corrected chi connectivity index (χ3v) is 2.90. The van der Waals surface area contributed by atoms with Crippen LogP contribution in [0.2, 0.25) is 10.0 Å². The summed E-state index contributed by atoms with van der Waals surface area (Å²) in [7, 11) is 0. The first kappa shape index (κ1) is 13.5. The summed E-state index contributed by atoms with van der Waals surface area (Å²) >= 11 is 11.8. The minimum atomic E-state index is -0.662. The summed E-state index contributed by atoms with van der Waals surface area (Å²) < 4.78 is 0. The molecule has 0 bridgehead atoms. The molecule has 0 aliphatic heterocycles. The first-order valence-electron chi connectivity index (χ1n) is 5.03. The maximum absolute atomic E-state index is 10.1. The molecular formula is C12H15Cl2NO. The van der Waals surface area contributed by atoms with Gasteiger partial charge in [0.1, 0.15) is 0 Å². The zero-order valence-corrected chi connectivity index (χ0v) is 10.6. The average Bonchev–Trinajstić information content (AvgIpc) is 2.25. The van der Waals surface area contributed by atoms with Gasteiger partial charge in [0.15, 0.2) is 0 Å². The summed E-state index contributed by atoms with van der Waals surface area (Å²) in [5, 5.41) is 14.2. The first-order valence-corrected chi connectivity index (χ1v) is 5.79. The third kappa shape index (κ3) is 3.49. The summed E-state index contributed by atoms with van der Waals surface area (Å²) in [6, 6.07) is 4.98. The van der Waals surface area contributed by atoms with Crippen LogP contribution in [-0.2, 0) is 0 Å². The molecule has 2 atom stereocenters. The second kappa shape index (κ2) is 6.26. The maximum Gasteiger partial charge on any atom is 0.0954 e. The molecule has 2 nitrogen and oxygen atoms in total. The molecule has 0 aliphatic rings. The number of rotatable bonds is 5. The van der Waals surface area contributed by atoms with Gasteiger partial charge in [-0.05, 0) is 19.1 Å². The van der Waals surface area contributed by atoms with Crippen molar-refractivity contribution in [3.63, 3.8) is 0 Å². The van der Waals surface area contributed by atoms with E-state index in [-0.39, 0.29) is 6.04 Å². The molecule has 1 aromatic rings. The number of nitrogens with one attached hydrogen (secondary N) is 1. The van der Waals surface area contributed by atoms with Gasteiger partial charge in [0.2, 0.25) is 0 Å². The van der Waals surface area contributed by atoms with Crippen LogP contribution in [0.5, 0.6) is 0 Å². The Hall–Kier alpha value is -0.540. The van der Waals surface area contributed by atoms with Crippen molar-refractivity contribution >= 4 is 23.2 Å². The number of hydrogen-bond acceptors (Lipinski definition) is 2. The summed E-state index contributed by atoms with van der Waals surface area (Å²) in [6.07, 6.45) is 1.08. The fourth-order valence-corrected chi connectivity index (χ4v) is 1.91. The van der Waals surface area contributed by atoms with Crippen molar-refractivity contribution in [2.24, 2.45) is 0 Å². The van der Waals surface area contributed by atoms with Gasteiger partial charge in [-0.15, -0.1) is 6.58 Å². The minimum absolute atomic E-state index is 0.100. The molecule has 0 heterocycles. The van der Waals surface area contributed by atoms with Crippen LogP contribution in [0.1, 0.15) is 18.6 Å². The Morgan fingerprint density at radius 1 is 1.50 bits per heavy atom. The molecule has 2 N–H and O–H groups in total.